The van der Waals surface area contributed by atoms with Crippen LogP contribution in [0.3, 0.4) is 0 Å². The maximum atomic E-state index is 12.4. The third-order valence-electron chi connectivity index (χ3n) is 3.67. The molecule has 3 amide bonds. The first-order valence-corrected chi connectivity index (χ1v) is 6.66. The molecule has 20 heavy (non-hydrogen) atoms. The third kappa shape index (κ3) is 3.19. The molecule has 0 radical (unpaired) electrons. The molecule has 0 aromatic carbocycles. The first-order valence-electron chi connectivity index (χ1n) is 6.66. The largest absolute Gasteiger partial charge is 0.480 e. The van der Waals surface area contributed by atoms with Gasteiger partial charge in [0.1, 0.15) is 13.1 Å². The van der Waals surface area contributed by atoms with E-state index in [4.69, 9.17) is 15.6 Å². The van der Waals surface area contributed by atoms with Crippen molar-refractivity contribution in [3.8, 4) is 0 Å². The lowest BCUT2D eigenvalue weighted by atomic mass is 10.1. The van der Waals surface area contributed by atoms with Gasteiger partial charge in [-0.2, -0.15) is 0 Å². The monoisotopic (exact) mass is 285 g/mol. The number of hydrogen-bond donors (Lipinski definition) is 2. The topological polar surface area (TPSA) is 113 Å². The lowest BCUT2D eigenvalue weighted by Gasteiger charge is -2.39. The Morgan fingerprint density at radius 1 is 1.30 bits per heavy atom. The Kier molecular flexibility index (Phi) is 4.43. The zero-order valence-corrected chi connectivity index (χ0v) is 11.2. The maximum absolute atomic E-state index is 12.4. The summed E-state index contributed by atoms with van der Waals surface area (Å²) in [6, 6.07) is -0.480. The molecule has 0 aromatic rings. The molecule has 1 saturated carbocycles. The summed E-state index contributed by atoms with van der Waals surface area (Å²) in [5.41, 5.74) is 5.07. The number of urea groups is 1. The number of aliphatic carboxylic acids is 1. The molecule has 8 heteroatoms. The number of ether oxygens (including phenoxy) is 1. The van der Waals surface area contributed by atoms with Crippen LogP contribution in [0.25, 0.3) is 0 Å². The summed E-state index contributed by atoms with van der Waals surface area (Å²) in [5.74, 6) is -1.90. The van der Waals surface area contributed by atoms with E-state index in [1.165, 1.54) is 0 Å². The van der Waals surface area contributed by atoms with Crippen molar-refractivity contribution in [1.82, 2.24) is 9.80 Å². The van der Waals surface area contributed by atoms with E-state index in [0.29, 0.717) is 13.2 Å². The minimum atomic E-state index is -1.17. The van der Waals surface area contributed by atoms with E-state index in [2.05, 4.69) is 0 Å². The molecular formula is C12H19N3O5. The Morgan fingerprint density at radius 2 is 2.05 bits per heavy atom. The molecule has 0 aromatic heterocycles. The number of carbonyl (C=O) groups is 3. The quantitative estimate of drug-likeness (QED) is 0.704. The molecule has 1 aliphatic carbocycles. The second-order valence-electron chi connectivity index (χ2n) is 5.10. The van der Waals surface area contributed by atoms with Gasteiger partial charge in [0, 0.05) is 6.54 Å². The summed E-state index contributed by atoms with van der Waals surface area (Å²) in [5, 5.41) is 8.84. The smallest absolute Gasteiger partial charge is 0.323 e. The number of carbonyl (C=O) groups excluding carboxylic acids is 2. The predicted octanol–water partition coefficient (Wildman–Crippen LogP) is -0.768. The van der Waals surface area contributed by atoms with Gasteiger partial charge in [-0.3, -0.25) is 9.59 Å². The van der Waals surface area contributed by atoms with Crippen molar-refractivity contribution in [3.63, 3.8) is 0 Å². The highest BCUT2D eigenvalue weighted by Gasteiger charge is 2.40. The summed E-state index contributed by atoms with van der Waals surface area (Å²) in [4.78, 5) is 36.8. The van der Waals surface area contributed by atoms with Crippen LogP contribution in [0.2, 0.25) is 0 Å². The maximum Gasteiger partial charge on any atom is 0.323 e. The number of morpholine rings is 1. The highest BCUT2D eigenvalue weighted by Crippen LogP contribution is 2.30. The van der Waals surface area contributed by atoms with Crippen LogP contribution < -0.4 is 5.73 Å². The summed E-state index contributed by atoms with van der Waals surface area (Å²) in [6.45, 7) is -0.0737. The highest BCUT2D eigenvalue weighted by molar-refractivity contribution is 5.86. The predicted molar refractivity (Wildman–Crippen MR) is 67.9 cm³/mol. The van der Waals surface area contributed by atoms with Crippen molar-refractivity contribution in [2.75, 3.05) is 26.2 Å². The van der Waals surface area contributed by atoms with Gasteiger partial charge >= 0.3 is 12.0 Å². The number of fused-ring (bicyclic) bond motifs is 1. The van der Waals surface area contributed by atoms with Crippen molar-refractivity contribution in [2.45, 2.75) is 31.4 Å². The van der Waals surface area contributed by atoms with Crippen LogP contribution >= 0.6 is 0 Å². The SMILES string of the molecule is NC(=O)CN(CC(=O)O)C(=O)N1CCOC2CCCC21. The molecule has 2 unspecified atom stereocenters. The van der Waals surface area contributed by atoms with Gasteiger partial charge in [-0.05, 0) is 19.3 Å². The molecule has 1 saturated heterocycles. The van der Waals surface area contributed by atoms with Gasteiger partial charge in [0.15, 0.2) is 0 Å². The van der Waals surface area contributed by atoms with Crippen LogP contribution in [-0.2, 0) is 14.3 Å². The Hall–Kier alpha value is -1.83. The molecule has 2 aliphatic rings. The van der Waals surface area contributed by atoms with Crippen LogP contribution in [0.5, 0.6) is 0 Å². The number of amides is 3. The van der Waals surface area contributed by atoms with Gasteiger partial charge in [-0.25, -0.2) is 4.79 Å². The zero-order chi connectivity index (χ0) is 14.7. The van der Waals surface area contributed by atoms with E-state index in [1.807, 2.05) is 0 Å². The number of primary amides is 1. The molecular weight excluding hydrogens is 266 g/mol. The van der Waals surface area contributed by atoms with E-state index in [0.717, 1.165) is 24.2 Å². The van der Waals surface area contributed by atoms with Crippen molar-refractivity contribution in [1.29, 1.82) is 0 Å². The van der Waals surface area contributed by atoms with Gasteiger partial charge < -0.3 is 25.4 Å². The molecule has 112 valence electrons. The molecule has 8 nitrogen and oxygen atoms in total. The number of carboxylic acids is 1. The van der Waals surface area contributed by atoms with Crippen molar-refractivity contribution < 1.29 is 24.2 Å². The van der Waals surface area contributed by atoms with E-state index < -0.39 is 24.5 Å². The Bertz CT molecular complexity index is 398. The fourth-order valence-electron chi connectivity index (χ4n) is 2.89. The van der Waals surface area contributed by atoms with Gasteiger partial charge in [-0.1, -0.05) is 0 Å². The second kappa shape index (κ2) is 6.08. The minimum absolute atomic E-state index is 0.0213. The first-order chi connectivity index (χ1) is 9.49. The van der Waals surface area contributed by atoms with Crippen LogP contribution in [0.15, 0.2) is 0 Å². The van der Waals surface area contributed by atoms with Crippen LogP contribution in [0.4, 0.5) is 4.79 Å². The van der Waals surface area contributed by atoms with E-state index in [1.54, 1.807) is 4.90 Å². The minimum Gasteiger partial charge on any atom is -0.480 e. The zero-order valence-electron chi connectivity index (χ0n) is 11.2. The van der Waals surface area contributed by atoms with Crippen molar-refractivity contribution in [2.24, 2.45) is 5.73 Å². The lowest BCUT2D eigenvalue weighted by molar-refractivity contribution is -0.138. The van der Waals surface area contributed by atoms with E-state index in [9.17, 15) is 14.4 Å². The molecule has 1 aliphatic heterocycles. The normalized spacial score (nSPS) is 25.1. The molecule has 1 heterocycles. The first kappa shape index (κ1) is 14.6. The fraction of sp³-hybridized carbons (Fsp3) is 0.750. The van der Waals surface area contributed by atoms with Gasteiger partial charge in [0.2, 0.25) is 5.91 Å². The number of carboxylic acid groups (broad SMARTS) is 1. The number of rotatable bonds is 4. The lowest BCUT2D eigenvalue weighted by Crippen LogP contribution is -2.57. The molecule has 2 rings (SSSR count). The van der Waals surface area contributed by atoms with Gasteiger partial charge in [-0.15, -0.1) is 0 Å². The summed E-state index contributed by atoms with van der Waals surface area (Å²) >= 11 is 0. The molecule has 2 atom stereocenters. The average Bonchev–Trinajstić information content (AvgIpc) is 2.83. The Morgan fingerprint density at radius 3 is 2.70 bits per heavy atom. The van der Waals surface area contributed by atoms with Gasteiger partial charge in [0.05, 0.1) is 18.8 Å². The standard InChI is InChI=1S/C12H19N3O5/c13-10(16)6-14(7-11(17)18)12(19)15-4-5-20-9-3-1-2-8(9)15/h8-9H,1-7H2,(H2,13,16)(H,17,18). The van der Waals surface area contributed by atoms with Crippen LogP contribution in [-0.4, -0.2) is 71.2 Å². The average molecular weight is 285 g/mol. The Balaban J connectivity index is 2.08. The number of hydrogen-bond acceptors (Lipinski definition) is 4. The third-order valence-corrected chi connectivity index (χ3v) is 3.67. The second-order valence-corrected chi connectivity index (χ2v) is 5.10. The summed E-state index contributed by atoms with van der Waals surface area (Å²) in [7, 11) is 0. The molecule has 2 fully saturated rings. The van der Waals surface area contributed by atoms with E-state index in [-0.39, 0.29) is 18.7 Å². The molecule has 3 N–H and O–H groups in total. The molecule has 0 bridgehead atoms. The number of nitrogens with zero attached hydrogens (tertiary/aromatic N) is 2. The summed E-state index contributed by atoms with van der Waals surface area (Å²) < 4.78 is 5.60. The van der Waals surface area contributed by atoms with Crippen LogP contribution in [0, 0.1) is 0 Å². The number of nitrogens with two attached hydrogens (primary N) is 1. The van der Waals surface area contributed by atoms with Crippen molar-refractivity contribution in [3.05, 3.63) is 0 Å². The fourth-order valence-corrected chi connectivity index (χ4v) is 2.89. The van der Waals surface area contributed by atoms with Gasteiger partial charge in [0.25, 0.3) is 0 Å². The highest BCUT2D eigenvalue weighted by atomic mass is 16.5. The van der Waals surface area contributed by atoms with Crippen LogP contribution in [0.1, 0.15) is 19.3 Å². The summed E-state index contributed by atoms with van der Waals surface area (Å²) in [6.07, 6.45) is 2.75. The van der Waals surface area contributed by atoms with E-state index >= 15 is 0 Å². The Labute approximate surface area is 116 Å². The molecule has 0 spiro atoms. The van der Waals surface area contributed by atoms with Crippen molar-refractivity contribution >= 4 is 17.9 Å².